The Labute approximate surface area is 93.8 Å². The summed E-state index contributed by atoms with van der Waals surface area (Å²) in [6, 6.07) is 0. The van der Waals surface area contributed by atoms with Crippen LogP contribution in [0, 0.1) is 0 Å². The average molecular weight is 243 g/mol. The molecule has 0 bridgehead atoms. The molecule has 82 valence electrons. The largest absolute Gasteiger partial charge is 0.248 e. The summed E-state index contributed by atoms with van der Waals surface area (Å²) >= 11 is 1.46. The Morgan fingerprint density at radius 3 is 3.20 bits per heavy atom. The zero-order valence-electron chi connectivity index (χ0n) is 8.35. The van der Waals surface area contributed by atoms with E-state index in [-0.39, 0.29) is 11.0 Å². The average Bonchev–Trinajstić information content (AvgIpc) is 2.66. The van der Waals surface area contributed by atoms with E-state index in [1.807, 2.05) is 6.08 Å². The zero-order chi connectivity index (χ0) is 10.9. The Bertz CT molecular complexity index is 462. The zero-order valence-corrected chi connectivity index (χ0v) is 9.98. The van der Waals surface area contributed by atoms with Crippen molar-refractivity contribution in [3.63, 3.8) is 0 Å². The number of hydrogen-bond donors (Lipinski definition) is 0. The fourth-order valence-electron chi connectivity index (χ4n) is 1.86. The predicted octanol–water partition coefficient (Wildman–Crippen LogP) is 2.47. The van der Waals surface area contributed by atoms with Gasteiger partial charge in [0.2, 0.25) is 0 Å². The van der Waals surface area contributed by atoms with Crippen LogP contribution in [-0.2, 0) is 15.6 Å². The summed E-state index contributed by atoms with van der Waals surface area (Å²) in [6.07, 6.45) is 4.28. The van der Waals surface area contributed by atoms with Gasteiger partial charge in [-0.3, -0.25) is 0 Å². The van der Waals surface area contributed by atoms with Gasteiger partial charge < -0.3 is 0 Å². The Kier molecular flexibility index (Phi) is 2.93. The minimum Gasteiger partial charge on any atom is -0.248 e. The minimum absolute atomic E-state index is 0.130. The number of sulfone groups is 1. The van der Waals surface area contributed by atoms with E-state index in [0.29, 0.717) is 6.42 Å². The molecule has 0 saturated heterocycles. The van der Waals surface area contributed by atoms with Crippen LogP contribution >= 0.6 is 11.3 Å². The van der Waals surface area contributed by atoms with Gasteiger partial charge in [-0.25, -0.2) is 13.4 Å². The second-order valence-corrected chi connectivity index (χ2v) is 6.75. The number of hydrogen-bond acceptors (Lipinski definition) is 4. The molecular weight excluding hydrogens is 230 g/mol. The van der Waals surface area contributed by atoms with Crippen LogP contribution in [-0.4, -0.2) is 13.4 Å². The monoisotopic (exact) mass is 243 g/mol. The van der Waals surface area contributed by atoms with Gasteiger partial charge in [-0.05, 0) is 19.3 Å². The predicted molar refractivity (Wildman–Crippen MR) is 61.5 cm³/mol. The molecule has 1 aromatic heterocycles. The molecule has 2 heterocycles. The number of rotatable bonds is 4. The third-order valence-electron chi connectivity index (χ3n) is 2.61. The van der Waals surface area contributed by atoms with Gasteiger partial charge in [0, 0.05) is 4.88 Å². The summed E-state index contributed by atoms with van der Waals surface area (Å²) < 4.78 is 23.6. The van der Waals surface area contributed by atoms with E-state index < -0.39 is 9.84 Å². The number of aromatic nitrogens is 1. The molecular formula is C10H13NO2S2. The van der Waals surface area contributed by atoms with E-state index in [0.717, 1.165) is 23.4 Å². The molecule has 0 amide bonds. The van der Waals surface area contributed by atoms with Gasteiger partial charge in [-0.2, -0.15) is 0 Å². The Hall–Kier alpha value is -0.680. The SMILES string of the molecule is C=CCCCC1c2scnc2CS1(=O)=O. The molecule has 1 aromatic rings. The number of nitrogens with zero attached hydrogens (tertiary/aromatic N) is 1. The third kappa shape index (κ3) is 1.99. The molecule has 1 aliphatic rings. The van der Waals surface area contributed by atoms with Crippen molar-refractivity contribution in [1.82, 2.24) is 4.98 Å². The maximum absolute atomic E-state index is 11.8. The molecule has 1 unspecified atom stereocenters. The first-order chi connectivity index (χ1) is 7.15. The Morgan fingerprint density at radius 2 is 2.47 bits per heavy atom. The molecule has 15 heavy (non-hydrogen) atoms. The second-order valence-electron chi connectivity index (χ2n) is 3.68. The molecule has 0 spiro atoms. The minimum atomic E-state index is -2.97. The highest BCUT2D eigenvalue weighted by Gasteiger charge is 2.38. The van der Waals surface area contributed by atoms with Gasteiger partial charge in [-0.1, -0.05) is 6.08 Å². The van der Waals surface area contributed by atoms with E-state index in [9.17, 15) is 8.42 Å². The van der Waals surface area contributed by atoms with Crippen molar-refractivity contribution in [2.24, 2.45) is 0 Å². The molecule has 1 atom stereocenters. The fourth-order valence-corrected chi connectivity index (χ4v) is 5.18. The normalized spacial score (nSPS) is 22.5. The summed E-state index contributed by atoms with van der Waals surface area (Å²) in [5.74, 6) is 0.130. The number of unbranched alkanes of at least 4 members (excludes halogenated alkanes) is 1. The van der Waals surface area contributed by atoms with E-state index in [2.05, 4.69) is 11.6 Å². The lowest BCUT2D eigenvalue weighted by atomic mass is 10.1. The van der Waals surface area contributed by atoms with Crippen molar-refractivity contribution in [3.8, 4) is 0 Å². The summed E-state index contributed by atoms with van der Waals surface area (Å²) in [7, 11) is -2.97. The maximum Gasteiger partial charge on any atom is 0.163 e. The van der Waals surface area contributed by atoms with Gasteiger partial charge in [0.05, 0.1) is 22.2 Å². The molecule has 5 heteroatoms. The van der Waals surface area contributed by atoms with Gasteiger partial charge >= 0.3 is 0 Å². The van der Waals surface area contributed by atoms with Crippen molar-refractivity contribution in [2.45, 2.75) is 30.3 Å². The van der Waals surface area contributed by atoms with Crippen molar-refractivity contribution < 1.29 is 8.42 Å². The standard InChI is InChI=1S/C10H13NO2S2/c1-2-3-4-5-9-10-8(11-7-14-10)6-15(9,12)13/h2,7,9H,1,3-6H2. The summed E-state index contributed by atoms with van der Waals surface area (Å²) in [6.45, 7) is 3.64. The highest BCUT2D eigenvalue weighted by molar-refractivity contribution is 7.91. The topological polar surface area (TPSA) is 47.0 Å². The molecule has 0 N–H and O–H groups in total. The van der Waals surface area contributed by atoms with Crippen molar-refractivity contribution in [3.05, 3.63) is 28.7 Å². The lowest BCUT2D eigenvalue weighted by molar-refractivity contribution is 0.578. The van der Waals surface area contributed by atoms with Gasteiger partial charge in [-0.15, -0.1) is 17.9 Å². The van der Waals surface area contributed by atoms with Gasteiger partial charge in [0.25, 0.3) is 0 Å². The molecule has 0 fully saturated rings. The number of allylic oxidation sites excluding steroid dienone is 1. The number of thiazole rings is 1. The maximum atomic E-state index is 11.8. The molecule has 2 rings (SSSR count). The first-order valence-electron chi connectivity index (χ1n) is 4.90. The van der Waals surface area contributed by atoms with Crippen LogP contribution in [0.3, 0.4) is 0 Å². The van der Waals surface area contributed by atoms with Crippen molar-refractivity contribution >= 4 is 21.2 Å². The Morgan fingerprint density at radius 1 is 1.67 bits per heavy atom. The summed E-state index contributed by atoms with van der Waals surface area (Å²) in [5, 5.41) is -0.306. The van der Waals surface area contributed by atoms with Crippen LogP contribution in [0.1, 0.15) is 35.1 Å². The van der Waals surface area contributed by atoms with E-state index in [1.165, 1.54) is 11.3 Å². The quantitative estimate of drug-likeness (QED) is 0.603. The molecule has 3 nitrogen and oxygen atoms in total. The lowest BCUT2D eigenvalue weighted by Crippen LogP contribution is -2.06. The number of fused-ring (bicyclic) bond motifs is 1. The van der Waals surface area contributed by atoms with Gasteiger partial charge in [0.15, 0.2) is 9.84 Å². The molecule has 0 aliphatic carbocycles. The fraction of sp³-hybridized carbons (Fsp3) is 0.500. The van der Waals surface area contributed by atoms with E-state index in [1.54, 1.807) is 5.51 Å². The molecule has 1 aliphatic heterocycles. The molecule has 0 radical (unpaired) electrons. The van der Waals surface area contributed by atoms with Crippen molar-refractivity contribution in [2.75, 3.05) is 0 Å². The first-order valence-corrected chi connectivity index (χ1v) is 7.49. The van der Waals surface area contributed by atoms with Crippen molar-refractivity contribution in [1.29, 1.82) is 0 Å². The highest BCUT2D eigenvalue weighted by Crippen LogP contribution is 2.41. The van der Waals surface area contributed by atoms with Gasteiger partial charge in [0.1, 0.15) is 0 Å². The summed E-state index contributed by atoms with van der Waals surface area (Å²) in [5.41, 5.74) is 2.50. The smallest absolute Gasteiger partial charge is 0.163 e. The molecule has 0 aromatic carbocycles. The second kappa shape index (κ2) is 4.06. The van der Waals surface area contributed by atoms with Crippen LogP contribution < -0.4 is 0 Å². The van der Waals surface area contributed by atoms with Crippen LogP contribution in [0.2, 0.25) is 0 Å². The van der Waals surface area contributed by atoms with Crippen LogP contribution in [0.4, 0.5) is 0 Å². The highest BCUT2D eigenvalue weighted by atomic mass is 32.2. The third-order valence-corrected chi connectivity index (χ3v) is 5.76. The van der Waals surface area contributed by atoms with Crippen LogP contribution in [0.25, 0.3) is 0 Å². The Balaban J connectivity index is 2.18. The lowest BCUT2D eigenvalue weighted by Gasteiger charge is -2.07. The van der Waals surface area contributed by atoms with Crippen LogP contribution in [0.5, 0.6) is 0 Å². The van der Waals surface area contributed by atoms with E-state index >= 15 is 0 Å². The molecule has 0 saturated carbocycles. The summed E-state index contributed by atoms with van der Waals surface area (Å²) in [4.78, 5) is 5.05. The van der Waals surface area contributed by atoms with Crippen LogP contribution in [0.15, 0.2) is 18.2 Å². The first kappa shape index (κ1) is 10.8. The van der Waals surface area contributed by atoms with E-state index in [4.69, 9.17) is 0 Å².